The van der Waals surface area contributed by atoms with Crippen molar-refractivity contribution in [3.63, 3.8) is 0 Å². The van der Waals surface area contributed by atoms with Gasteiger partial charge in [-0.05, 0) is 55.2 Å². The van der Waals surface area contributed by atoms with Gasteiger partial charge in [0.05, 0.1) is 12.0 Å². The van der Waals surface area contributed by atoms with E-state index in [9.17, 15) is 18.0 Å². The van der Waals surface area contributed by atoms with Crippen LogP contribution in [0, 0.1) is 6.92 Å². The lowest BCUT2D eigenvalue weighted by molar-refractivity contribution is -0.137. The van der Waals surface area contributed by atoms with Crippen LogP contribution < -0.4 is 10.2 Å². The van der Waals surface area contributed by atoms with E-state index in [-0.39, 0.29) is 12.3 Å². The predicted octanol–water partition coefficient (Wildman–Crippen LogP) is 4.80. The summed E-state index contributed by atoms with van der Waals surface area (Å²) in [4.78, 5) is 14.5. The molecule has 0 saturated carbocycles. The molecule has 2 aromatic carbocycles. The maximum atomic E-state index is 12.8. The first-order valence-corrected chi connectivity index (χ1v) is 8.64. The Hall–Kier alpha value is -2.50. The molecule has 1 amide bonds. The quantitative estimate of drug-likeness (QED) is 0.848. The molecule has 1 aliphatic rings. The number of nitrogens with one attached hydrogen (secondary N) is 1. The minimum Gasteiger partial charge on any atom is -0.372 e. The second-order valence-corrected chi connectivity index (χ2v) is 6.62. The number of halogens is 3. The van der Waals surface area contributed by atoms with Gasteiger partial charge >= 0.3 is 6.18 Å². The highest BCUT2D eigenvalue weighted by Gasteiger charge is 2.30. The van der Waals surface area contributed by atoms with Gasteiger partial charge in [0.15, 0.2) is 0 Å². The fraction of sp³-hybridized carbons (Fsp3) is 0.350. The Balaban J connectivity index is 1.66. The van der Waals surface area contributed by atoms with Crippen LogP contribution in [0.1, 0.15) is 29.5 Å². The predicted molar refractivity (Wildman–Crippen MR) is 96.4 cm³/mol. The average molecular weight is 362 g/mol. The molecular weight excluding hydrogens is 341 g/mol. The molecule has 1 saturated heterocycles. The van der Waals surface area contributed by atoms with Gasteiger partial charge in [-0.3, -0.25) is 4.79 Å². The van der Waals surface area contributed by atoms with Crippen LogP contribution in [-0.2, 0) is 17.4 Å². The first-order chi connectivity index (χ1) is 12.3. The lowest BCUT2D eigenvalue weighted by Gasteiger charge is -2.19. The Morgan fingerprint density at radius 3 is 2.50 bits per heavy atom. The molecule has 138 valence electrons. The summed E-state index contributed by atoms with van der Waals surface area (Å²) < 4.78 is 38.3. The molecule has 6 heteroatoms. The van der Waals surface area contributed by atoms with Gasteiger partial charge in [-0.2, -0.15) is 13.2 Å². The van der Waals surface area contributed by atoms with Crippen LogP contribution in [0.4, 0.5) is 24.5 Å². The SMILES string of the molecule is Cc1cc(N2CCCC2)ccc1NC(=O)Cc1cccc(C(F)(F)F)c1. The van der Waals surface area contributed by atoms with Crippen LogP contribution in [0.5, 0.6) is 0 Å². The number of carbonyl (C=O) groups is 1. The normalized spacial score (nSPS) is 14.5. The first kappa shape index (κ1) is 18.3. The average Bonchev–Trinajstić information content (AvgIpc) is 3.10. The monoisotopic (exact) mass is 362 g/mol. The molecule has 1 N–H and O–H groups in total. The van der Waals surface area contributed by atoms with E-state index in [4.69, 9.17) is 0 Å². The van der Waals surface area contributed by atoms with Gasteiger partial charge in [0.2, 0.25) is 5.91 Å². The van der Waals surface area contributed by atoms with Crippen molar-refractivity contribution < 1.29 is 18.0 Å². The number of hydrogen-bond acceptors (Lipinski definition) is 2. The van der Waals surface area contributed by atoms with E-state index >= 15 is 0 Å². The molecule has 0 aliphatic carbocycles. The molecule has 1 heterocycles. The fourth-order valence-corrected chi connectivity index (χ4v) is 3.20. The molecule has 1 aliphatic heterocycles. The molecule has 2 aromatic rings. The van der Waals surface area contributed by atoms with E-state index in [0.717, 1.165) is 36.5 Å². The molecule has 0 bridgehead atoms. The van der Waals surface area contributed by atoms with Crippen LogP contribution in [0.3, 0.4) is 0 Å². The van der Waals surface area contributed by atoms with Gasteiger partial charge in [-0.15, -0.1) is 0 Å². The van der Waals surface area contributed by atoms with Crippen molar-refractivity contribution in [3.8, 4) is 0 Å². The van der Waals surface area contributed by atoms with Crippen LogP contribution in [-0.4, -0.2) is 19.0 Å². The Bertz CT molecular complexity index is 796. The fourth-order valence-electron chi connectivity index (χ4n) is 3.20. The first-order valence-electron chi connectivity index (χ1n) is 8.64. The van der Waals surface area contributed by atoms with Crippen LogP contribution in [0.25, 0.3) is 0 Å². The molecule has 0 radical (unpaired) electrons. The molecule has 0 atom stereocenters. The maximum absolute atomic E-state index is 12.8. The molecule has 3 rings (SSSR count). The molecule has 0 aromatic heterocycles. The van der Waals surface area contributed by atoms with E-state index in [2.05, 4.69) is 10.2 Å². The zero-order chi connectivity index (χ0) is 18.7. The summed E-state index contributed by atoms with van der Waals surface area (Å²) >= 11 is 0. The molecule has 26 heavy (non-hydrogen) atoms. The minimum atomic E-state index is -4.41. The number of benzene rings is 2. The maximum Gasteiger partial charge on any atom is 0.416 e. The number of hydrogen-bond donors (Lipinski definition) is 1. The largest absolute Gasteiger partial charge is 0.416 e. The molecular formula is C20H21F3N2O. The summed E-state index contributed by atoms with van der Waals surface area (Å²) in [6.45, 7) is 4.00. The van der Waals surface area contributed by atoms with Gasteiger partial charge in [0.25, 0.3) is 0 Å². The van der Waals surface area contributed by atoms with Gasteiger partial charge in [0.1, 0.15) is 0 Å². The third-order valence-electron chi connectivity index (χ3n) is 4.57. The van der Waals surface area contributed by atoms with E-state index in [1.54, 1.807) is 0 Å². The van der Waals surface area contributed by atoms with Crippen molar-refractivity contribution in [2.45, 2.75) is 32.4 Å². The molecule has 0 spiro atoms. The highest BCUT2D eigenvalue weighted by atomic mass is 19.4. The van der Waals surface area contributed by atoms with Crippen molar-refractivity contribution in [1.82, 2.24) is 0 Å². The third kappa shape index (κ3) is 4.36. The summed E-state index contributed by atoms with van der Waals surface area (Å²) in [5, 5.41) is 2.80. The van der Waals surface area contributed by atoms with Gasteiger partial charge in [-0.1, -0.05) is 18.2 Å². The Kier molecular flexibility index (Phi) is 5.20. The van der Waals surface area contributed by atoms with Crippen LogP contribution in [0.15, 0.2) is 42.5 Å². The highest BCUT2D eigenvalue weighted by Crippen LogP contribution is 2.30. The lowest BCUT2D eigenvalue weighted by Crippen LogP contribution is -2.18. The molecule has 3 nitrogen and oxygen atoms in total. The highest BCUT2D eigenvalue weighted by molar-refractivity contribution is 5.93. The number of aryl methyl sites for hydroxylation is 1. The Morgan fingerprint density at radius 2 is 1.85 bits per heavy atom. The van der Waals surface area contributed by atoms with E-state index < -0.39 is 11.7 Å². The Labute approximate surface area is 150 Å². The number of alkyl halides is 3. The molecule has 1 fully saturated rings. The smallest absolute Gasteiger partial charge is 0.372 e. The summed E-state index contributed by atoms with van der Waals surface area (Å²) in [5.41, 5.74) is 2.35. The van der Waals surface area contributed by atoms with E-state index in [1.165, 1.54) is 25.0 Å². The number of carbonyl (C=O) groups excluding carboxylic acids is 1. The van der Waals surface area contributed by atoms with Crippen molar-refractivity contribution >= 4 is 17.3 Å². The van der Waals surface area contributed by atoms with Gasteiger partial charge in [-0.25, -0.2) is 0 Å². The number of nitrogens with zero attached hydrogens (tertiary/aromatic N) is 1. The van der Waals surface area contributed by atoms with E-state index in [0.29, 0.717) is 11.3 Å². The standard InChI is InChI=1S/C20H21F3N2O/c1-14-11-17(25-9-2-3-10-25)7-8-18(14)24-19(26)13-15-5-4-6-16(12-15)20(21,22)23/h4-8,11-12H,2-3,9-10,13H2,1H3,(H,24,26). The minimum absolute atomic E-state index is 0.1000. The second-order valence-electron chi connectivity index (χ2n) is 6.62. The number of rotatable bonds is 4. The van der Waals surface area contributed by atoms with Crippen molar-refractivity contribution in [2.24, 2.45) is 0 Å². The van der Waals surface area contributed by atoms with Gasteiger partial charge < -0.3 is 10.2 Å². The van der Waals surface area contributed by atoms with E-state index in [1.807, 2.05) is 25.1 Å². The Morgan fingerprint density at radius 1 is 1.12 bits per heavy atom. The van der Waals surface area contributed by atoms with Gasteiger partial charge in [0, 0.05) is 24.5 Å². The van der Waals surface area contributed by atoms with Crippen molar-refractivity contribution in [1.29, 1.82) is 0 Å². The third-order valence-corrected chi connectivity index (χ3v) is 4.57. The second kappa shape index (κ2) is 7.40. The number of anilines is 2. The molecule has 0 unspecified atom stereocenters. The summed E-state index contributed by atoms with van der Waals surface area (Å²) in [6.07, 6.45) is -2.13. The van der Waals surface area contributed by atoms with Crippen molar-refractivity contribution in [2.75, 3.05) is 23.3 Å². The van der Waals surface area contributed by atoms with Crippen molar-refractivity contribution in [3.05, 3.63) is 59.2 Å². The summed E-state index contributed by atoms with van der Waals surface area (Å²) in [5.74, 6) is -0.332. The van der Waals surface area contributed by atoms with Crippen LogP contribution >= 0.6 is 0 Å². The summed E-state index contributed by atoms with van der Waals surface area (Å²) in [6, 6.07) is 10.7. The number of amides is 1. The zero-order valence-corrected chi connectivity index (χ0v) is 14.6. The lowest BCUT2D eigenvalue weighted by atomic mass is 10.1. The summed E-state index contributed by atoms with van der Waals surface area (Å²) in [7, 11) is 0. The van der Waals surface area contributed by atoms with Crippen LogP contribution in [0.2, 0.25) is 0 Å². The zero-order valence-electron chi connectivity index (χ0n) is 14.6. The topological polar surface area (TPSA) is 32.3 Å².